The zero-order valence-electron chi connectivity index (χ0n) is 10.3. The highest BCUT2D eigenvalue weighted by atomic mass is 35.7. The van der Waals surface area contributed by atoms with Crippen molar-refractivity contribution in [2.45, 2.75) is 44.4 Å². The third-order valence-corrected chi connectivity index (χ3v) is 3.91. The molecule has 1 atom stereocenters. The Hall–Kier alpha value is -0.660. The summed E-state index contributed by atoms with van der Waals surface area (Å²) in [6.07, 6.45) is 1.89. The van der Waals surface area contributed by atoms with Gasteiger partial charge in [0.15, 0.2) is 0 Å². The lowest BCUT2D eigenvalue weighted by atomic mass is 10.3. The van der Waals surface area contributed by atoms with Gasteiger partial charge in [-0.05, 0) is 13.3 Å². The fourth-order valence-electron chi connectivity index (χ4n) is 1.35. The van der Waals surface area contributed by atoms with Crippen LogP contribution >= 0.6 is 10.7 Å². The Balaban J connectivity index is 3.00. The molecular formula is C10H16ClFN2O3S. The highest BCUT2D eigenvalue weighted by Crippen LogP contribution is 2.21. The second-order valence-corrected chi connectivity index (χ2v) is 6.37. The first-order valence-corrected chi connectivity index (χ1v) is 7.88. The number of nitrogens with zero attached hydrogens (tertiary/aromatic N) is 2. The van der Waals surface area contributed by atoms with E-state index in [1.54, 1.807) is 0 Å². The summed E-state index contributed by atoms with van der Waals surface area (Å²) in [7, 11) is 1.40. The average Bonchev–Trinajstić information content (AvgIpc) is 2.69. The van der Waals surface area contributed by atoms with E-state index in [1.807, 2.05) is 13.8 Å². The molecule has 0 amide bonds. The molecule has 0 radical (unpaired) electrons. The number of alkyl halides is 1. The SMILES string of the molecule is CC[C@H](C)OCc1c(S(=O)(=O)Cl)cnn1CCF. The monoisotopic (exact) mass is 298 g/mol. The predicted octanol–water partition coefficient (Wildman–Crippen LogP) is 2.10. The largest absolute Gasteiger partial charge is 0.372 e. The van der Waals surface area contributed by atoms with Gasteiger partial charge in [-0.1, -0.05) is 6.92 Å². The molecular weight excluding hydrogens is 283 g/mol. The van der Waals surface area contributed by atoms with Crippen LogP contribution in [0.4, 0.5) is 4.39 Å². The molecule has 1 rings (SSSR count). The van der Waals surface area contributed by atoms with Gasteiger partial charge in [0.05, 0.1) is 31.1 Å². The van der Waals surface area contributed by atoms with Crippen LogP contribution in [-0.2, 0) is 26.9 Å². The number of ether oxygens (including phenoxy) is 1. The molecule has 0 saturated heterocycles. The normalized spacial score (nSPS) is 13.8. The van der Waals surface area contributed by atoms with Crippen molar-refractivity contribution in [3.63, 3.8) is 0 Å². The topological polar surface area (TPSA) is 61.2 Å². The maximum atomic E-state index is 12.3. The molecule has 0 aliphatic rings. The van der Waals surface area contributed by atoms with E-state index in [4.69, 9.17) is 15.4 Å². The van der Waals surface area contributed by atoms with Crippen LogP contribution in [0.2, 0.25) is 0 Å². The maximum absolute atomic E-state index is 12.3. The van der Waals surface area contributed by atoms with E-state index in [9.17, 15) is 12.8 Å². The van der Waals surface area contributed by atoms with Crippen molar-refractivity contribution in [2.75, 3.05) is 6.67 Å². The van der Waals surface area contributed by atoms with Gasteiger partial charge in [-0.3, -0.25) is 4.68 Å². The lowest BCUT2D eigenvalue weighted by Gasteiger charge is -2.12. The van der Waals surface area contributed by atoms with E-state index in [2.05, 4.69) is 5.10 Å². The standard InChI is InChI=1S/C10H16ClFN2O3S/c1-3-8(2)17-7-9-10(18(11,15)16)6-13-14(9)5-4-12/h6,8H,3-5,7H2,1-2H3/t8-/m0/s1. The van der Waals surface area contributed by atoms with Crippen LogP contribution < -0.4 is 0 Å². The van der Waals surface area contributed by atoms with Crippen LogP contribution in [0.3, 0.4) is 0 Å². The van der Waals surface area contributed by atoms with Gasteiger partial charge in [0.2, 0.25) is 0 Å². The van der Waals surface area contributed by atoms with Crippen molar-refractivity contribution in [3.8, 4) is 0 Å². The molecule has 0 spiro atoms. The molecule has 18 heavy (non-hydrogen) atoms. The zero-order chi connectivity index (χ0) is 13.8. The summed E-state index contributed by atoms with van der Waals surface area (Å²) in [5.41, 5.74) is 0.281. The maximum Gasteiger partial charge on any atom is 0.264 e. The van der Waals surface area contributed by atoms with E-state index in [0.717, 1.165) is 12.6 Å². The molecule has 0 N–H and O–H groups in total. The molecule has 5 nitrogen and oxygen atoms in total. The van der Waals surface area contributed by atoms with Crippen LogP contribution in [0.5, 0.6) is 0 Å². The molecule has 0 aromatic carbocycles. The summed E-state index contributed by atoms with van der Waals surface area (Å²) in [5, 5.41) is 3.81. The van der Waals surface area contributed by atoms with Crippen molar-refractivity contribution in [2.24, 2.45) is 0 Å². The van der Waals surface area contributed by atoms with E-state index >= 15 is 0 Å². The van der Waals surface area contributed by atoms with Gasteiger partial charge in [0.25, 0.3) is 9.05 Å². The molecule has 104 valence electrons. The molecule has 0 bridgehead atoms. The van der Waals surface area contributed by atoms with Crippen molar-refractivity contribution in [3.05, 3.63) is 11.9 Å². The number of rotatable bonds is 7. The summed E-state index contributed by atoms with van der Waals surface area (Å²) < 4.78 is 41.8. The molecule has 0 fully saturated rings. The third-order valence-electron chi connectivity index (χ3n) is 2.55. The van der Waals surface area contributed by atoms with Gasteiger partial charge in [-0.15, -0.1) is 0 Å². The van der Waals surface area contributed by atoms with Crippen molar-refractivity contribution in [1.29, 1.82) is 0 Å². The molecule has 0 aliphatic heterocycles. The first-order chi connectivity index (χ1) is 8.40. The van der Waals surface area contributed by atoms with Gasteiger partial charge in [-0.25, -0.2) is 12.8 Å². The highest BCUT2D eigenvalue weighted by molar-refractivity contribution is 8.13. The first-order valence-electron chi connectivity index (χ1n) is 5.57. The van der Waals surface area contributed by atoms with Crippen molar-refractivity contribution in [1.82, 2.24) is 9.78 Å². The molecule has 1 heterocycles. The highest BCUT2D eigenvalue weighted by Gasteiger charge is 2.21. The van der Waals surface area contributed by atoms with E-state index < -0.39 is 15.7 Å². The summed E-state index contributed by atoms with van der Waals surface area (Å²) in [4.78, 5) is -0.124. The number of halogens is 2. The molecule has 0 saturated carbocycles. The fraction of sp³-hybridized carbons (Fsp3) is 0.700. The van der Waals surface area contributed by atoms with Crippen LogP contribution in [0, 0.1) is 0 Å². The average molecular weight is 299 g/mol. The Labute approximate surface area is 110 Å². The van der Waals surface area contributed by atoms with Crippen LogP contribution in [0.25, 0.3) is 0 Å². The zero-order valence-corrected chi connectivity index (χ0v) is 11.8. The number of hydrogen-bond acceptors (Lipinski definition) is 4. The van der Waals surface area contributed by atoms with Crippen LogP contribution in [0.15, 0.2) is 11.1 Å². The molecule has 1 aromatic rings. The Morgan fingerprint density at radius 2 is 2.28 bits per heavy atom. The van der Waals surface area contributed by atoms with E-state index in [0.29, 0.717) is 0 Å². The van der Waals surface area contributed by atoms with Gasteiger partial charge in [0.1, 0.15) is 11.6 Å². The van der Waals surface area contributed by atoms with Crippen molar-refractivity contribution >= 4 is 19.7 Å². The van der Waals surface area contributed by atoms with Crippen LogP contribution in [-0.4, -0.2) is 31.0 Å². The van der Waals surface area contributed by atoms with Gasteiger partial charge in [0, 0.05) is 10.7 Å². The summed E-state index contributed by atoms with van der Waals surface area (Å²) in [6.45, 7) is 3.19. The minimum absolute atomic E-state index is 0.0222. The van der Waals surface area contributed by atoms with Crippen molar-refractivity contribution < 1.29 is 17.5 Å². The van der Waals surface area contributed by atoms with Crippen LogP contribution in [0.1, 0.15) is 26.0 Å². The Morgan fingerprint density at radius 1 is 1.61 bits per heavy atom. The molecule has 1 aromatic heterocycles. The molecule has 8 heteroatoms. The minimum Gasteiger partial charge on any atom is -0.372 e. The lowest BCUT2D eigenvalue weighted by molar-refractivity contribution is 0.0451. The lowest BCUT2D eigenvalue weighted by Crippen LogP contribution is -2.13. The second-order valence-electron chi connectivity index (χ2n) is 3.84. The number of hydrogen-bond donors (Lipinski definition) is 0. The quantitative estimate of drug-likeness (QED) is 0.723. The third kappa shape index (κ3) is 3.93. The molecule has 0 aliphatic carbocycles. The summed E-state index contributed by atoms with van der Waals surface area (Å²) in [6, 6.07) is 0. The minimum atomic E-state index is -3.90. The fourth-order valence-corrected chi connectivity index (χ4v) is 2.36. The van der Waals surface area contributed by atoms with Gasteiger partial charge >= 0.3 is 0 Å². The van der Waals surface area contributed by atoms with E-state index in [-0.39, 0.29) is 29.8 Å². The number of aromatic nitrogens is 2. The van der Waals surface area contributed by atoms with Gasteiger partial charge < -0.3 is 4.74 Å². The first kappa shape index (κ1) is 15.4. The predicted molar refractivity (Wildman–Crippen MR) is 65.8 cm³/mol. The Kier molecular flexibility index (Phi) is 5.55. The summed E-state index contributed by atoms with van der Waals surface area (Å²) >= 11 is 0. The van der Waals surface area contributed by atoms with E-state index in [1.165, 1.54) is 4.68 Å². The summed E-state index contributed by atoms with van der Waals surface area (Å²) in [5.74, 6) is 0. The Morgan fingerprint density at radius 3 is 2.78 bits per heavy atom. The Bertz CT molecular complexity index is 489. The smallest absolute Gasteiger partial charge is 0.264 e. The molecule has 0 unspecified atom stereocenters. The van der Waals surface area contributed by atoms with Gasteiger partial charge in [-0.2, -0.15) is 5.10 Å². The number of aryl methyl sites for hydroxylation is 1. The second kappa shape index (κ2) is 6.49.